The van der Waals surface area contributed by atoms with E-state index >= 15 is 0 Å². The van der Waals surface area contributed by atoms with E-state index in [-0.39, 0.29) is 12.2 Å². The lowest BCUT2D eigenvalue weighted by atomic mass is 10.1. The summed E-state index contributed by atoms with van der Waals surface area (Å²) in [5, 5.41) is 11.1. The van der Waals surface area contributed by atoms with Crippen LogP contribution in [0.5, 0.6) is 0 Å². The zero-order valence-electron chi connectivity index (χ0n) is 12.9. The van der Waals surface area contributed by atoms with Gasteiger partial charge in [-0.05, 0) is 32.0 Å². The maximum atomic E-state index is 12.9. The van der Waals surface area contributed by atoms with E-state index in [1.165, 1.54) is 24.0 Å². The molecule has 5 nitrogen and oxygen atoms in total. The van der Waals surface area contributed by atoms with Crippen molar-refractivity contribution < 1.29 is 27.9 Å². The lowest BCUT2D eigenvalue weighted by Crippen LogP contribution is -2.45. The number of benzene rings is 1. The maximum Gasteiger partial charge on any atom is 0.418 e. The van der Waals surface area contributed by atoms with Crippen LogP contribution in [0.3, 0.4) is 0 Å². The highest BCUT2D eigenvalue weighted by Gasteiger charge is 2.34. The Balaban J connectivity index is 2.92. The quantitative estimate of drug-likeness (QED) is 0.805. The molecule has 0 fully saturated rings. The first-order valence-electron chi connectivity index (χ1n) is 7.09. The molecule has 1 unspecified atom stereocenters. The van der Waals surface area contributed by atoms with E-state index in [4.69, 9.17) is 5.11 Å². The van der Waals surface area contributed by atoms with Crippen LogP contribution in [0.25, 0.3) is 0 Å². The number of nitrogens with zero attached hydrogens (tertiary/aromatic N) is 1. The van der Waals surface area contributed by atoms with Crippen LogP contribution in [0.15, 0.2) is 24.3 Å². The zero-order chi connectivity index (χ0) is 17.6. The van der Waals surface area contributed by atoms with Crippen molar-refractivity contribution >= 4 is 17.6 Å². The van der Waals surface area contributed by atoms with Gasteiger partial charge in [0.25, 0.3) is 0 Å². The van der Waals surface area contributed by atoms with Crippen molar-refractivity contribution in [2.24, 2.45) is 0 Å². The number of halogens is 3. The summed E-state index contributed by atoms with van der Waals surface area (Å²) in [6.07, 6.45) is -3.97. The summed E-state index contributed by atoms with van der Waals surface area (Å²) in [6, 6.07) is 3.79. The summed E-state index contributed by atoms with van der Waals surface area (Å²) >= 11 is 0. The smallest absolute Gasteiger partial charge is 0.418 e. The van der Waals surface area contributed by atoms with Gasteiger partial charge in [0, 0.05) is 0 Å². The fourth-order valence-electron chi connectivity index (χ4n) is 2.11. The molecule has 0 aliphatic heterocycles. The van der Waals surface area contributed by atoms with Crippen molar-refractivity contribution in [2.75, 3.05) is 18.4 Å². The van der Waals surface area contributed by atoms with Gasteiger partial charge in [-0.25, -0.2) is 0 Å². The molecule has 1 aromatic carbocycles. The van der Waals surface area contributed by atoms with Crippen LogP contribution in [0.4, 0.5) is 18.9 Å². The summed E-state index contributed by atoms with van der Waals surface area (Å²) in [5.74, 6) is -1.79. The number of aliphatic carboxylic acids is 1. The van der Waals surface area contributed by atoms with E-state index in [9.17, 15) is 22.8 Å². The summed E-state index contributed by atoms with van der Waals surface area (Å²) in [6.45, 7) is 3.27. The zero-order valence-corrected chi connectivity index (χ0v) is 12.9. The lowest BCUT2D eigenvalue weighted by molar-refractivity contribution is -0.139. The van der Waals surface area contributed by atoms with E-state index in [1.807, 2.05) is 6.92 Å². The molecule has 23 heavy (non-hydrogen) atoms. The molecular formula is C15H19F3N2O3. The SMILES string of the molecule is CCCN(CC(=O)O)C(C)C(=O)Nc1ccccc1C(F)(F)F. The molecule has 0 bridgehead atoms. The Morgan fingerprint density at radius 3 is 2.43 bits per heavy atom. The molecule has 0 aliphatic carbocycles. The summed E-state index contributed by atoms with van der Waals surface area (Å²) < 4.78 is 38.7. The third kappa shape index (κ3) is 5.55. The highest BCUT2D eigenvalue weighted by atomic mass is 19.4. The number of carbonyl (C=O) groups excluding carboxylic acids is 1. The van der Waals surface area contributed by atoms with Gasteiger partial charge in [0.1, 0.15) is 0 Å². The predicted molar refractivity (Wildman–Crippen MR) is 79.0 cm³/mol. The van der Waals surface area contributed by atoms with Crippen LogP contribution in [-0.2, 0) is 15.8 Å². The van der Waals surface area contributed by atoms with E-state index < -0.39 is 29.7 Å². The van der Waals surface area contributed by atoms with Crippen LogP contribution in [-0.4, -0.2) is 41.0 Å². The molecular weight excluding hydrogens is 313 g/mol. The molecule has 0 saturated carbocycles. The minimum absolute atomic E-state index is 0.344. The Bertz CT molecular complexity index is 561. The maximum absolute atomic E-state index is 12.9. The van der Waals surface area contributed by atoms with Crippen LogP contribution in [0.1, 0.15) is 25.8 Å². The second-order valence-corrected chi connectivity index (χ2v) is 5.07. The number of alkyl halides is 3. The van der Waals surface area contributed by atoms with E-state index in [1.54, 1.807) is 0 Å². The molecule has 1 rings (SSSR count). The number of carboxylic acids is 1. The number of amides is 1. The first kappa shape index (κ1) is 19.0. The average molecular weight is 332 g/mol. The number of hydrogen-bond acceptors (Lipinski definition) is 3. The highest BCUT2D eigenvalue weighted by Crippen LogP contribution is 2.34. The Morgan fingerprint density at radius 1 is 1.30 bits per heavy atom. The van der Waals surface area contributed by atoms with Crippen LogP contribution >= 0.6 is 0 Å². The normalized spacial score (nSPS) is 13.0. The van der Waals surface area contributed by atoms with Crippen LogP contribution < -0.4 is 5.32 Å². The Hall–Kier alpha value is -2.09. The fourth-order valence-corrected chi connectivity index (χ4v) is 2.11. The topological polar surface area (TPSA) is 69.6 Å². The largest absolute Gasteiger partial charge is 0.480 e. The number of hydrogen-bond donors (Lipinski definition) is 2. The number of para-hydroxylation sites is 1. The standard InChI is InChI=1S/C15H19F3N2O3/c1-3-8-20(9-13(21)22)10(2)14(23)19-12-7-5-4-6-11(12)15(16,17)18/h4-7,10H,3,8-9H2,1-2H3,(H,19,23)(H,21,22). The Morgan fingerprint density at radius 2 is 1.91 bits per heavy atom. The van der Waals surface area contributed by atoms with E-state index in [0.717, 1.165) is 12.1 Å². The van der Waals surface area contributed by atoms with E-state index in [0.29, 0.717) is 13.0 Å². The van der Waals surface area contributed by atoms with Crippen molar-refractivity contribution in [3.8, 4) is 0 Å². The molecule has 0 radical (unpaired) electrons. The van der Waals surface area contributed by atoms with Crippen molar-refractivity contribution in [3.63, 3.8) is 0 Å². The van der Waals surface area contributed by atoms with Gasteiger partial charge in [-0.15, -0.1) is 0 Å². The second kappa shape index (κ2) is 7.96. The van der Waals surface area contributed by atoms with Gasteiger partial charge >= 0.3 is 12.1 Å². The molecule has 128 valence electrons. The van der Waals surface area contributed by atoms with Crippen molar-refractivity contribution in [3.05, 3.63) is 29.8 Å². The molecule has 0 saturated heterocycles. The highest BCUT2D eigenvalue weighted by molar-refractivity contribution is 5.95. The van der Waals surface area contributed by atoms with Gasteiger partial charge in [0.2, 0.25) is 5.91 Å². The first-order chi connectivity index (χ1) is 10.7. The fraction of sp³-hybridized carbons (Fsp3) is 0.467. The third-order valence-electron chi connectivity index (χ3n) is 3.27. The van der Waals surface area contributed by atoms with Gasteiger partial charge < -0.3 is 10.4 Å². The Kier molecular flexibility index (Phi) is 6.56. The molecule has 8 heteroatoms. The van der Waals surface area contributed by atoms with Gasteiger partial charge in [0.15, 0.2) is 0 Å². The minimum atomic E-state index is -4.59. The molecule has 0 aromatic heterocycles. The van der Waals surface area contributed by atoms with Crippen molar-refractivity contribution in [1.82, 2.24) is 4.90 Å². The van der Waals surface area contributed by atoms with Gasteiger partial charge in [0.05, 0.1) is 23.8 Å². The number of nitrogens with one attached hydrogen (secondary N) is 1. The first-order valence-corrected chi connectivity index (χ1v) is 7.09. The number of rotatable bonds is 7. The summed E-state index contributed by atoms with van der Waals surface area (Å²) in [5.41, 5.74) is -1.29. The predicted octanol–water partition coefficient (Wildman–Crippen LogP) is 2.83. The minimum Gasteiger partial charge on any atom is -0.480 e. The number of carboxylic acid groups (broad SMARTS) is 1. The molecule has 1 aromatic rings. The average Bonchev–Trinajstić information content (AvgIpc) is 2.45. The Labute approximate surface area is 132 Å². The van der Waals surface area contributed by atoms with Crippen LogP contribution in [0, 0.1) is 0 Å². The van der Waals surface area contributed by atoms with Crippen molar-refractivity contribution in [2.45, 2.75) is 32.5 Å². The number of carbonyl (C=O) groups is 2. The van der Waals surface area contributed by atoms with Gasteiger partial charge in [-0.3, -0.25) is 14.5 Å². The lowest BCUT2D eigenvalue weighted by Gasteiger charge is -2.26. The molecule has 0 spiro atoms. The molecule has 2 N–H and O–H groups in total. The van der Waals surface area contributed by atoms with Gasteiger partial charge in [-0.1, -0.05) is 19.1 Å². The summed E-state index contributed by atoms with van der Waals surface area (Å²) in [7, 11) is 0. The molecule has 1 amide bonds. The van der Waals surface area contributed by atoms with Crippen LogP contribution in [0.2, 0.25) is 0 Å². The second-order valence-electron chi connectivity index (χ2n) is 5.07. The molecule has 0 aliphatic rings. The number of anilines is 1. The van der Waals surface area contributed by atoms with Gasteiger partial charge in [-0.2, -0.15) is 13.2 Å². The van der Waals surface area contributed by atoms with E-state index in [2.05, 4.69) is 5.32 Å². The monoisotopic (exact) mass is 332 g/mol. The van der Waals surface area contributed by atoms with Crippen molar-refractivity contribution in [1.29, 1.82) is 0 Å². The summed E-state index contributed by atoms with van der Waals surface area (Å²) in [4.78, 5) is 24.4. The molecule has 1 atom stereocenters. The molecule has 0 heterocycles. The third-order valence-corrected chi connectivity index (χ3v) is 3.27.